The first-order valence-electron chi connectivity index (χ1n) is 10.6. The second-order valence-corrected chi connectivity index (χ2v) is 9.04. The van der Waals surface area contributed by atoms with Crippen molar-refractivity contribution in [2.75, 3.05) is 18.0 Å². The lowest BCUT2D eigenvalue weighted by molar-refractivity contribution is -0.126. The van der Waals surface area contributed by atoms with Gasteiger partial charge in [-0.2, -0.15) is 0 Å². The Labute approximate surface area is 180 Å². The number of aryl methyl sites for hydroxylation is 1. The number of aromatic nitrogens is 2. The molecule has 1 saturated heterocycles. The molecule has 0 radical (unpaired) electrons. The summed E-state index contributed by atoms with van der Waals surface area (Å²) in [5.74, 6) is 0.760. The molecular formula is C23H28N4O2S. The SMILES string of the molecule is CC[C@@H](C)NC(=O)C1CCN(c2nc3c(-c4cccc(C)c4)csc3c(=O)[nH]2)CC1. The number of benzene rings is 1. The van der Waals surface area contributed by atoms with E-state index in [0.717, 1.165) is 35.9 Å². The highest BCUT2D eigenvalue weighted by molar-refractivity contribution is 7.17. The summed E-state index contributed by atoms with van der Waals surface area (Å²) in [6, 6.07) is 8.46. The zero-order chi connectivity index (χ0) is 21.3. The van der Waals surface area contributed by atoms with Gasteiger partial charge in [-0.05, 0) is 38.7 Å². The fraction of sp³-hybridized carbons (Fsp3) is 0.435. The van der Waals surface area contributed by atoms with Gasteiger partial charge in [0.05, 0.1) is 5.52 Å². The number of hydrogen-bond donors (Lipinski definition) is 2. The van der Waals surface area contributed by atoms with Crippen molar-refractivity contribution in [1.82, 2.24) is 15.3 Å². The van der Waals surface area contributed by atoms with Crippen molar-refractivity contribution in [3.05, 3.63) is 45.6 Å². The fourth-order valence-corrected chi connectivity index (χ4v) is 4.81. The van der Waals surface area contributed by atoms with Crippen molar-refractivity contribution in [3.63, 3.8) is 0 Å². The van der Waals surface area contributed by atoms with Crippen LogP contribution in [0.5, 0.6) is 0 Å². The van der Waals surface area contributed by atoms with Crippen LogP contribution in [0.15, 0.2) is 34.4 Å². The van der Waals surface area contributed by atoms with Crippen LogP contribution in [0.2, 0.25) is 0 Å². The smallest absolute Gasteiger partial charge is 0.270 e. The van der Waals surface area contributed by atoms with Gasteiger partial charge in [-0.1, -0.05) is 36.8 Å². The molecule has 4 rings (SSSR count). The Morgan fingerprint density at radius 3 is 2.83 bits per heavy atom. The van der Waals surface area contributed by atoms with Gasteiger partial charge in [0.1, 0.15) is 4.70 Å². The third-order valence-corrected chi connectivity index (χ3v) is 6.88. The van der Waals surface area contributed by atoms with E-state index in [-0.39, 0.29) is 23.4 Å². The molecule has 0 saturated carbocycles. The van der Waals surface area contributed by atoms with E-state index in [4.69, 9.17) is 4.98 Å². The molecule has 0 aliphatic carbocycles. The molecular weight excluding hydrogens is 396 g/mol. The number of piperidine rings is 1. The van der Waals surface area contributed by atoms with E-state index in [1.165, 1.54) is 16.9 Å². The van der Waals surface area contributed by atoms with E-state index < -0.39 is 0 Å². The maximum Gasteiger partial charge on any atom is 0.270 e. The molecule has 1 atom stereocenters. The maximum absolute atomic E-state index is 12.7. The molecule has 3 heterocycles. The molecule has 2 aromatic heterocycles. The quantitative estimate of drug-likeness (QED) is 0.647. The van der Waals surface area contributed by atoms with Crippen molar-refractivity contribution in [2.24, 2.45) is 5.92 Å². The number of thiophene rings is 1. The van der Waals surface area contributed by atoms with Gasteiger partial charge in [0.25, 0.3) is 5.56 Å². The van der Waals surface area contributed by atoms with Crippen LogP contribution in [0.25, 0.3) is 21.3 Å². The lowest BCUT2D eigenvalue weighted by Crippen LogP contribution is -2.43. The Morgan fingerprint density at radius 1 is 1.37 bits per heavy atom. The summed E-state index contributed by atoms with van der Waals surface area (Å²) in [7, 11) is 0. The number of rotatable bonds is 5. The van der Waals surface area contributed by atoms with E-state index >= 15 is 0 Å². The number of nitrogens with one attached hydrogen (secondary N) is 2. The van der Waals surface area contributed by atoms with Gasteiger partial charge in [-0.3, -0.25) is 14.6 Å². The molecule has 2 N–H and O–H groups in total. The number of aromatic amines is 1. The van der Waals surface area contributed by atoms with Crippen LogP contribution in [-0.2, 0) is 4.79 Å². The molecule has 0 spiro atoms. The lowest BCUT2D eigenvalue weighted by atomic mass is 9.95. The third-order valence-electron chi connectivity index (χ3n) is 5.91. The molecule has 1 aliphatic rings. The van der Waals surface area contributed by atoms with E-state index in [9.17, 15) is 9.59 Å². The summed E-state index contributed by atoms with van der Waals surface area (Å²) in [4.78, 5) is 35.0. The summed E-state index contributed by atoms with van der Waals surface area (Å²) in [6.07, 6.45) is 2.45. The molecule has 1 amide bonds. The van der Waals surface area contributed by atoms with E-state index in [1.807, 2.05) is 18.4 Å². The summed E-state index contributed by atoms with van der Waals surface area (Å²) in [6.45, 7) is 7.57. The highest BCUT2D eigenvalue weighted by atomic mass is 32.1. The minimum atomic E-state index is -0.101. The Bertz CT molecular complexity index is 1110. The van der Waals surface area contributed by atoms with Gasteiger partial charge in [-0.25, -0.2) is 4.98 Å². The molecule has 1 aliphatic heterocycles. The van der Waals surface area contributed by atoms with Gasteiger partial charge < -0.3 is 10.2 Å². The number of amides is 1. The van der Waals surface area contributed by atoms with Gasteiger partial charge in [0.15, 0.2) is 0 Å². The van der Waals surface area contributed by atoms with Crippen LogP contribution in [0.3, 0.4) is 0 Å². The van der Waals surface area contributed by atoms with Crippen LogP contribution in [-0.4, -0.2) is 35.0 Å². The molecule has 1 fully saturated rings. The molecule has 0 unspecified atom stereocenters. The van der Waals surface area contributed by atoms with Crippen molar-refractivity contribution in [1.29, 1.82) is 0 Å². The topological polar surface area (TPSA) is 78.1 Å². The number of nitrogens with zero attached hydrogens (tertiary/aromatic N) is 2. The predicted octanol–water partition coefficient (Wildman–Crippen LogP) is 4.09. The second kappa shape index (κ2) is 8.60. The second-order valence-electron chi connectivity index (χ2n) is 8.17. The van der Waals surface area contributed by atoms with Crippen molar-refractivity contribution in [2.45, 2.75) is 46.1 Å². The lowest BCUT2D eigenvalue weighted by Gasteiger charge is -2.32. The first kappa shape index (κ1) is 20.6. The van der Waals surface area contributed by atoms with Crippen LogP contribution in [0, 0.1) is 12.8 Å². The van der Waals surface area contributed by atoms with Crippen molar-refractivity contribution >= 4 is 33.4 Å². The summed E-state index contributed by atoms with van der Waals surface area (Å²) in [5, 5.41) is 5.10. The zero-order valence-corrected chi connectivity index (χ0v) is 18.5. The van der Waals surface area contributed by atoms with E-state index in [0.29, 0.717) is 23.7 Å². The Kier molecular flexibility index (Phi) is 5.90. The first-order valence-corrected chi connectivity index (χ1v) is 11.5. The maximum atomic E-state index is 12.7. The third kappa shape index (κ3) is 4.12. The van der Waals surface area contributed by atoms with Crippen LogP contribution >= 0.6 is 11.3 Å². The largest absolute Gasteiger partial charge is 0.353 e. The molecule has 6 nitrogen and oxygen atoms in total. The Hall–Kier alpha value is -2.67. The molecule has 1 aromatic carbocycles. The predicted molar refractivity (Wildman–Crippen MR) is 123 cm³/mol. The summed E-state index contributed by atoms with van der Waals surface area (Å²) < 4.78 is 0.651. The molecule has 3 aromatic rings. The average Bonchev–Trinajstić information content (AvgIpc) is 3.18. The van der Waals surface area contributed by atoms with E-state index in [2.05, 4.69) is 47.2 Å². The summed E-state index contributed by atoms with van der Waals surface area (Å²) >= 11 is 1.43. The van der Waals surface area contributed by atoms with Crippen LogP contribution in [0.1, 0.15) is 38.7 Å². The number of anilines is 1. The van der Waals surface area contributed by atoms with E-state index in [1.54, 1.807) is 0 Å². The number of H-pyrrole nitrogens is 1. The van der Waals surface area contributed by atoms with Crippen LogP contribution in [0.4, 0.5) is 5.95 Å². The van der Waals surface area contributed by atoms with Gasteiger partial charge >= 0.3 is 0 Å². The number of carbonyl (C=O) groups excluding carboxylic acids is 1. The monoisotopic (exact) mass is 424 g/mol. The van der Waals surface area contributed by atoms with Gasteiger partial charge in [-0.15, -0.1) is 11.3 Å². The number of hydrogen-bond acceptors (Lipinski definition) is 5. The normalized spacial score (nSPS) is 16.0. The number of fused-ring (bicyclic) bond motifs is 1. The molecule has 7 heteroatoms. The Balaban J connectivity index is 1.56. The van der Waals surface area contributed by atoms with Crippen molar-refractivity contribution in [3.8, 4) is 11.1 Å². The standard InChI is InChI=1S/C23H28N4O2S/c1-4-15(3)24-21(28)16-8-10-27(11-9-16)23-25-19-18(13-30-20(19)22(29)26-23)17-7-5-6-14(2)12-17/h5-7,12-13,15-16H,4,8-11H2,1-3H3,(H,24,28)(H,25,26,29)/t15-/m1/s1. The summed E-state index contributed by atoms with van der Waals surface area (Å²) in [5.41, 5.74) is 3.89. The minimum absolute atomic E-state index is 0.0229. The Morgan fingerprint density at radius 2 is 2.13 bits per heavy atom. The first-order chi connectivity index (χ1) is 14.5. The molecule has 158 valence electrons. The van der Waals surface area contributed by atoms with Gasteiger partial charge in [0.2, 0.25) is 11.9 Å². The molecule has 30 heavy (non-hydrogen) atoms. The highest BCUT2D eigenvalue weighted by Gasteiger charge is 2.27. The average molecular weight is 425 g/mol. The molecule has 0 bridgehead atoms. The van der Waals surface area contributed by atoms with Gasteiger partial charge in [0, 0.05) is 36.0 Å². The van der Waals surface area contributed by atoms with Crippen LogP contribution < -0.4 is 15.8 Å². The minimum Gasteiger partial charge on any atom is -0.353 e. The van der Waals surface area contributed by atoms with Crippen molar-refractivity contribution < 1.29 is 4.79 Å². The fourth-order valence-electron chi connectivity index (χ4n) is 3.90. The highest BCUT2D eigenvalue weighted by Crippen LogP contribution is 2.32. The zero-order valence-electron chi connectivity index (χ0n) is 17.7. The number of carbonyl (C=O) groups is 1.